The van der Waals surface area contributed by atoms with E-state index in [2.05, 4.69) is 9.88 Å². The minimum absolute atomic E-state index is 0.0671. The van der Waals surface area contributed by atoms with E-state index in [0.29, 0.717) is 24.4 Å². The quantitative estimate of drug-likeness (QED) is 0.633. The molecule has 3 fully saturated rings. The maximum absolute atomic E-state index is 13.8. The van der Waals surface area contributed by atoms with E-state index in [1.165, 1.54) is 12.1 Å². The first kappa shape index (κ1) is 26.3. The highest BCUT2D eigenvalue weighted by molar-refractivity contribution is 5.76. The Morgan fingerprint density at radius 1 is 1.06 bits per heavy atom. The van der Waals surface area contributed by atoms with E-state index in [0.717, 1.165) is 56.9 Å². The van der Waals surface area contributed by atoms with E-state index < -0.39 is 11.6 Å². The summed E-state index contributed by atoms with van der Waals surface area (Å²) in [7, 11) is 0. The molecule has 0 aliphatic carbocycles. The number of nitrogens with zero attached hydrogens (tertiary/aromatic N) is 4. The third-order valence-electron chi connectivity index (χ3n) is 6.89. The van der Waals surface area contributed by atoms with Gasteiger partial charge in [-0.25, -0.2) is 13.8 Å². The van der Waals surface area contributed by atoms with Crippen LogP contribution in [0.3, 0.4) is 0 Å². The number of carboxylic acid groups (broad SMARTS) is 2. The topological polar surface area (TPSA) is 116 Å². The van der Waals surface area contributed by atoms with Crippen LogP contribution in [0.1, 0.15) is 37.3 Å². The van der Waals surface area contributed by atoms with Gasteiger partial charge in [0.25, 0.3) is 12.9 Å². The van der Waals surface area contributed by atoms with Gasteiger partial charge in [0.1, 0.15) is 18.2 Å². The van der Waals surface area contributed by atoms with Crippen LogP contribution < -0.4 is 0 Å². The Morgan fingerprint density at radius 3 is 2.37 bits per heavy atom. The molecule has 0 unspecified atom stereocenters. The molecule has 0 radical (unpaired) electrons. The fraction of sp³-hybridized carbons (Fsp3) is 0.500. The second-order valence-electron chi connectivity index (χ2n) is 9.02. The summed E-state index contributed by atoms with van der Waals surface area (Å²) in [5.41, 5.74) is 0.750. The molecule has 0 saturated carbocycles. The van der Waals surface area contributed by atoms with Gasteiger partial charge in [-0.2, -0.15) is 0 Å². The molecule has 2 N–H and O–H groups in total. The standard InChI is InChI=1S/C22H26F2N4O.2CH2O2/c23-18-7-16(8-19(24)9-18)20-2-1-3-21-17-6-15(11-28(20)21)10-27(12-17)22(29)13-26-5-4-25-14-26;2*2-1-3/h4-5,7-9,14-15,17,20-21H,1-3,6,10-13H2;2*1H,(H,2,3)/t15-,17+,20+,21-;;/m0../s1. The summed E-state index contributed by atoms with van der Waals surface area (Å²) in [6, 6.07) is 4.36. The molecule has 11 heteroatoms. The molecule has 9 nitrogen and oxygen atoms in total. The third-order valence-corrected chi connectivity index (χ3v) is 6.89. The highest BCUT2D eigenvalue weighted by atomic mass is 19.1. The van der Waals surface area contributed by atoms with Crippen molar-refractivity contribution in [3.05, 3.63) is 54.1 Å². The van der Waals surface area contributed by atoms with Crippen molar-refractivity contribution in [1.82, 2.24) is 19.4 Å². The van der Waals surface area contributed by atoms with Crippen LogP contribution in [-0.4, -0.2) is 74.1 Å². The summed E-state index contributed by atoms with van der Waals surface area (Å²) >= 11 is 0. The summed E-state index contributed by atoms with van der Waals surface area (Å²) in [6.45, 7) is 2.25. The Labute approximate surface area is 202 Å². The van der Waals surface area contributed by atoms with E-state index in [9.17, 15) is 13.6 Å². The van der Waals surface area contributed by atoms with Gasteiger partial charge in [0.05, 0.1) is 6.33 Å². The summed E-state index contributed by atoms with van der Waals surface area (Å²) in [6.07, 6.45) is 9.39. The van der Waals surface area contributed by atoms with Crippen LogP contribution in [0.2, 0.25) is 0 Å². The molecule has 1 amide bonds. The molecule has 2 bridgehead atoms. The lowest BCUT2D eigenvalue weighted by Gasteiger charge is -2.55. The average molecular weight is 493 g/mol. The Kier molecular flexibility index (Phi) is 9.30. The van der Waals surface area contributed by atoms with Crippen molar-refractivity contribution >= 4 is 18.9 Å². The van der Waals surface area contributed by atoms with Crippen LogP contribution in [0, 0.1) is 23.5 Å². The first-order valence-electron chi connectivity index (χ1n) is 11.5. The van der Waals surface area contributed by atoms with E-state index in [1.807, 2.05) is 15.7 Å². The van der Waals surface area contributed by atoms with E-state index in [4.69, 9.17) is 19.8 Å². The van der Waals surface area contributed by atoms with Gasteiger partial charge in [-0.1, -0.05) is 0 Å². The number of imidazole rings is 1. The molecule has 5 rings (SSSR count). The molecule has 190 valence electrons. The van der Waals surface area contributed by atoms with Crippen LogP contribution in [-0.2, 0) is 20.9 Å². The number of carbonyl (C=O) groups is 3. The predicted molar refractivity (Wildman–Crippen MR) is 121 cm³/mol. The highest BCUT2D eigenvalue weighted by Gasteiger charge is 2.45. The van der Waals surface area contributed by atoms with Gasteiger partial charge < -0.3 is 19.7 Å². The molecule has 1 aromatic carbocycles. The first-order valence-corrected chi connectivity index (χ1v) is 11.5. The number of hydrogen-bond acceptors (Lipinski definition) is 5. The number of rotatable bonds is 3. The maximum Gasteiger partial charge on any atom is 0.290 e. The number of hydrogen-bond donors (Lipinski definition) is 2. The van der Waals surface area contributed by atoms with Gasteiger partial charge in [-0.15, -0.1) is 0 Å². The molecule has 3 aliphatic rings. The lowest BCUT2D eigenvalue weighted by molar-refractivity contribution is -0.139. The first-order chi connectivity index (χ1) is 16.9. The van der Waals surface area contributed by atoms with Crippen LogP contribution >= 0.6 is 0 Å². The zero-order valence-corrected chi connectivity index (χ0v) is 19.2. The minimum atomic E-state index is -0.504. The van der Waals surface area contributed by atoms with Crippen molar-refractivity contribution in [2.45, 2.75) is 44.3 Å². The predicted octanol–water partition coefficient (Wildman–Crippen LogP) is 2.64. The van der Waals surface area contributed by atoms with Crippen LogP contribution in [0.25, 0.3) is 0 Å². The smallest absolute Gasteiger partial charge is 0.290 e. The number of amides is 1. The second-order valence-corrected chi connectivity index (χ2v) is 9.02. The van der Waals surface area contributed by atoms with Crippen molar-refractivity contribution in [2.24, 2.45) is 11.8 Å². The maximum atomic E-state index is 13.8. The molecule has 3 aliphatic heterocycles. The van der Waals surface area contributed by atoms with Crippen molar-refractivity contribution in [1.29, 1.82) is 0 Å². The zero-order valence-electron chi connectivity index (χ0n) is 19.2. The molecular formula is C24H30F2N4O5. The summed E-state index contributed by atoms with van der Waals surface area (Å²) in [5.74, 6) is -0.0249. The van der Waals surface area contributed by atoms with E-state index in [1.54, 1.807) is 12.5 Å². The number of aromatic nitrogens is 2. The summed E-state index contributed by atoms with van der Waals surface area (Å²) < 4.78 is 29.5. The second kappa shape index (κ2) is 12.4. The van der Waals surface area contributed by atoms with E-state index >= 15 is 0 Å². The van der Waals surface area contributed by atoms with E-state index in [-0.39, 0.29) is 24.9 Å². The largest absolute Gasteiger partial charge is 0.483 e. The summed E-state index contributed by atoms with van der Waals surface area (Å²) in [5, 5.41) is 13.8. The Hall–Kier alpha value is -3.34. The van der Waals surface area contributed by atoms with Crippen molar-refractivity contribution in [2.75, 3.05) is 19.6 Å². The Bertz CT molecular complexity index is 964. The normalized spacial score (nSPS) is 25.1. The fourth-order valence-corrected chi connectivity index (χ4v) is 5.77. The number of piperidine rings is 3. The van der Waals surface area contributed by atoms with Crippen LogP contribution in [0.15, 0.2) is 36.9 Å². The zero-order chi connectivity index (χ0) is 25.4. The van der Waals surface area contributed by atoms with Gasteiger partial charge in [0.15, 0.2) is 0 Å². The lowest BCUT2D eigenvalue weighted by Crippen LogP contribution is -2.60. The number of halogens is 2. The number of fused-ring (bicyclic) bond motifs is 4. The molecule has 0 spiro atoms. The fourth-order valence-electron chi connectivity index (χ4n) is 5.77. The molecule has 3 saturated heterocycles. The van der Waals surface area contributed by atoms with Crippen LogP contribution in [0.5, 0.6) is 0 Å². The van der Waals surface area contributed by atoms with Gasteiger partial charge >= 0.3 is 0 Å². The lowest BCUT2D eigenvalue weighted by atomic mass is 9.74. The number of carbonyl (C=O) groups excluding carboxylic acids is 1. The Balaban J connectivity index is 0.000000520. The van der Waals surface area contributed by atoms with Gasteiger partial charge in [-0.3, -0.25) is 19.3 Å². The molecule has 2 aromatic rings. The molecule has 1 aromatic heterocycles. The molecule has 4 atom stereocenters. The average Bonchev–Trinajstić information content (AvgIpc) is 3.32. The highest BCUT2D eigenvalue weighted by Crippen LogP contribution is 2.44. The molecule has 35 heavy (non-hydrogen) atoms. The van der Waals surface area contributed by atoms with Crippen molar-refractivity contribution in [3.8, 4) is 0 Å². The number of likely N-dealkylation sites (tertiary alicyclic amines) is 1. The molecule has 4 heterocycles. The molecular weight excluding hydrogens is 462 g/mol. The van der Waals surface area contributed by atoms with Crippen LogP contribution in [0.4, 0.5) is 8.78 Å². The minimum Gasteiger partial charge on any atom is -0.483 e. The van der Waals surface area contributed by atoms with Gasteiger partial charge in [0, 0.05) is 50.2 Å². The third kappa shape index (κ3) is 6.62. The SMILES string of the molecule is O=C(Cn1ccnc1)N1C[C@@H]2C[C@H](C1)[C@@H]1CCC[C@H](c3cc(F)cc(F)c3)N1C2.O=CO.O=CO. The Morgan fingerprint density at radius 2 is 1.74 bits per heavy atom. The van der Waals surface area contributed by atoms with Gasteiger partial charge in [0.2, 0.25) is 5.91 Å². The van der Waals surface area contributed by atoms with Crippen molar-refractivity contribution in [3.63, 3.8) is 0 Å². The monoisotopic (exact) mass is 492 g/mol. The van der Waals surface area contributed by atoms with Crippen molar-refractivity contribution < 1.29 is 33.4 Å². The summed E-state index contributed by atoms with van der Waals surface area (Å²) in [4.78, 5) is 38.0. The number of benzene rings is 1. The van der Waals surface area contributed by atoms with Gasteiger partial charge in [-0.05, 0) is 55.2 Å².